The Kier molecular flexibility index (Phi) is 52.8. The molecule has 0 aromatic carbocycles. The molecular weight excluding hydrogens is 829 g/mol. The average Bonchev–Trinajstić information content (AvgIpc) is 3.33. The molecule has 0 N–H and O–H groups in total. The van der Waals surface area contributed by atoms with Crippen LogP contribution >= 0.6 is 0 Å². The average molecular weight is 936 g/mol. The number of ether oxygens (including phenoxy) is 3. The lowest BCUT2D eigenvalue weighted by Crippen LogP contribution is -2.30. The Morgan fingerprint density at radius 2 is 0.582 bits per heavy atom. The highest BCUT2D eigenvalue weighted by atomic mass is 16.6. The van der Waals surface area contributed by atoms with Gasteiger partial charge in [0.05, 0.1) is 0 Å². The highest BCUT2D eigenvalue weighted by molar-refractivity contribution is 5.71. The third-order valence-corrected chi connectivity index (χ3v) is 12.2. The van der Waals surface area contributed by atoms with E-state index in [1.165, 1.54) is 135 Å². The van der Waals surface area contributed by atoms with E-state index in [1.807, 2.05) is 0 Å². The first-order valence-corrected chi connectivity index (χ1v) is 28.4. The van der Waals surface area contributed by atoms with Gasteiger partial charge in [0.2, 0.25) is 0 Å². The molecule has 0 aromatic heterocycles. The third kappa shape index (κ3) is 53.7. The van der Waals surface area contributed by atoms with E-state index in [2.05, 4.69) is 93.7 Å². The molecule has 0 radical (unpaired) electrons. The van der Waals surface area contributed by atoms with Crippen LogP contribution in [-0.2, 0) is 28.6 Å². The van der Waals surface area contributed by atoms with Gasteiger partial charge in [-0.2, -0.15) is 0 Å². The number of rotatable bonds is 51. The minimum absolute atomic E-state index is 0.0827. The van der Waals surface area contributed by atoms with Crippen LogP contribution < -0.4 is 0 Å². The minimum Gasteiger partial charge on any atom is -0.462 e. The lowest BCUT2D eigenvalue weighted by Gasteiger charge is -2.18. The number of esters is 3. The fourth-order valence-corrected chi connectivity index (χ4v) is 7.89. The summed E-state index contributed by atoms with van der Waals surface area (Å²) >= 11 is 0. The molecule has 0 aliphatic carbocycles. The number of carbonyl (C=O) groups is 3. The van der Waals surface area contributed by atoms with Gasteiger partial charge in [-0.15, -0.1) is 0 Å². The Hall–Kier alpha value is -3.15. The Labute approximate surface area is 414 Å². The largest absolute Gasteiger partial charge is 0.462 e. The van der Waals surface area contributed by atoms with Crippen molar-refractivity contribution >= 4 is 17.9 Å². The molecule has 386 valence electrons. The predicted octanol–water partition coefficient (Wildman–Crippen LogP) is 19.0. The van der Waals surface area contributed by atoms with Crippen molar-refractivity contribution in [3.63, 3.8) is 0 Å². The van der Waals surface area contributed by atoms with Gasteiger partial charge in [0, 0.05) is 19.3 Å². The maximum absolute atomic E-state index is 12.8. The van der Waals surface area contributed by atoms with Gasteiger partial charge >= 0.3 is 17.9 Å². The van der Waals surface area contributed by atoms with Gasteiger partial charge in [-0.3, -0.25) is 14.4 Å². The number of unbranched alkanes of at least 4 members (excludes halogenated alkanes) is 28. The first-order chi connectivity index (χ1) is 33.0. The van der Waals surface area contributed by atoms with Crippen LogP contribution in [0.4, 0.5) is 0 Å². The fraction of sp³-hybridized carbons (Fsp3) is 0.754. The van der Waals surface area contributed by atoms with Crippen molar-refractivity contribution in [3.8, 4) is 0 Å². The van der Waals surface area contributed by atoms with Crippen LogP contribution in [0.15, 0.2) is 72.9 Å². The van der Waals surface area contributed by atoms with Gasteiger partial charge < -0.3 is 14.2 Å². The predicted molar refractivity (Wildman–Crippen MR) is 288 cm³/mol. The fourth-order valence-electron chi connectivity index (χ4n) is 7.89. The normalized spacial score (nSPS) is 12.6. The Bertz CT molecular complexity index is 1260. The molecule has 0 saturated carbocycles. The van der Waals surface area contributed by atoms with Crippen molar-refractivity contribution in [2.45, 2.75) is 284 Å². The second kappa shape index (κ2) is 55.4. The van der Waals surface area contributed by atoms with Crippen molar-refractivity contribution in [2.75, 3.05) is 13.2 Å². The highest BCUT2D eigenvalue weighted by Gasteiger charge is 2.19. The van der Waals surface area contributed by atoms with Crippen LogP contribution in [-0.4, -0.2) is 37.2 Å². The molecule has 0 aromatic rings. The molecule has 0 fully saturated rings. The zero-order valence-corrected chi connectivity index (χ0v) is 44.2. The molecule has 0 saturated heterocycles. The second-order valence-electron chi connectivity index (χ2n) is 18.8. The Balaban J connectivity index is 4.31. The molecule has 6 nitrogen and oxygen atoms in total. The summed E-state index contributed by atoms with van der Waals surface area (Å²) < 4.78 is 16.8. The van der Waals surface area contributed by atoms with Gasteiger partial charge in [-0.1, -0.05) is 222 Å². The van der Waals surface area contributed by atoms with E-state index in [-0.39, 0.29) is 31.1 Å². The smallest absolute Gasteiger partial charge is 0.306 e. The van der Waals surface area contributed by atoms with E-state index in [0.717, 1.165) is 103 Å². The van der Waals surface area contributed by atoms with Crippen LogP contribution in [0.3, 0.4) is 0 Å². The SMILES string of the molecule is CC/C=C\C/C=C\C/C=C\C/C=C\CCCCCCCCCCCCC(=O)OCC(COC(=O)CCCCCCC/C=C\CCCCCC)OC(=O)CCCCCCC/C=C\CCCCCC. The van der Waals surface area contributed by atoms with E-state index in [4.69, 9.17) is 14.2 Å². The third-order valence-electron chi connectivity index (χ3n) is 12.2. The second-order valence-corrected chi connectivity index (χ2v) is 18.8. The van der Waals surface area contributed by atoms with Crippen LogP contribution in [0.2, 0.25) is 0 Å². The molecule has 67 heavy (non-hydrogen) atoms. The zero-order valence-electron chi connectivity index (χ0n) is 44.2. The lowest BCUT2D eigenvalue weighted by atomic mass is 10.1. The Morgan fingerprint density at radius 3 is 0.925 bits per heavy atom. The summed E-state index contributed by atoms with van der Waals surface area (Å²) in [5, 5.41) is 0. The van der Waals surface area contributed by atoms with E-state index in [0.29, 0.717) is 19.3 Å². The van der Waals surface area contributed by atoms with Crippen molar-refractivity contribution in [2.24, 2.45) is 0 Å². The topological polar surface area (TPSA) is 78.9 Å². The maximum Gasteiger partial charge on any atom is 0.306 e. The molecule has 1 unspecified atom stereocenters. The summed E-state index contributed by atoms with van der Waals surface area (Å²) in [7, 11) is 0. The summed E-state index contributed by atoms with van der Waals surface area (Å²) in [5.41, 5.74) is 0. The van der Waals surface area contributed by atoms with Crippen LogP contribution in [0.25, 0.3) is 0 Å². The van der Waals surface area contributed by atoms with E-state index in [9.17, 15) is 14.4 Å². The maximum atomic E-state index is 12.8. The number of hydrogen-bond acceptors (Lipinski definition) is 6. The van der Waals surface area contributed by atoms with Gasteiger partial charge in [-0.25, -0.2) is 0 Å². The van der Waals surface area contributed by atoms with E-state index in [1.54, 1.807) is 0 Å². The summed E-state index contributed by atoms with van der Waals surface area (Å²) in [6, 6.07) is 0. The van der Waals surface area contributed by atoms with E-state index < -0.39 is 6.10 Å². The van der Waals surface area contributed by atoms with Crippen molar-refractivity contribution in [1.29, 1.82) is 0 Å². The molecule has 0 heterocycles. The number of carbonyl (C=O) groups excluding carboxylic acids is 3. The summed E-state index contributed by atoms with van der Waals surface area (Å²) in [6.07, 6.45) is 70.3. The monoisotopic (exact) mass is 935 g/mol. The van der Waals surface area contributed by atoms with Crippen LogP contribution in [0, 0.1) is 0 Å². The molecule has 1 atom stereocenters. The van der Waals surface area contributed by atoms with Gasteiger partial charge in [0.15, 0.2) is 6.10 Å². The van der Waals surface area contributed by atoms with Gasteiger partial charge in [-0.05, 0) is 109 Å². The molecular formula is C61H106O6. The Morgan fingerprint density at radius 1 is 0.313 bits per heavy atom. The number of allylic oxidation sites excluding steroid dienone is 12. The van der Waals surface area contributed by atoms with Crippen molar-refractivity contribution < 1.29 is 28.6 Å². The molecule has 6 heteroatoms. The van der Waals surface area contributed by atoms with Gasteiger partial charge in [0.25, 0.3) is 0 Å². The van der Waals surface area contributed by atoms with Crippen LogP contribution in [0.1, 0.15) is 278 Å². The van der Waals surface area contributed by atoms with Crippen molar-refractivity contribution in [1.82, 2.24) is 0 Å². The minimum atomic E-state index is -0.784. The summed E-state index contributed by atoms with van der Waals surface area (Å²) in [6.45, 7) is 6.49. The zero-order chi connectivity index (χ0) is 48.6. The molecule has 0 spiro atoms. The molecule has 0 amide bonds. The first kappa shape index (κ1) is 63.8. The molecule has 0 bridgehead atoms. The van der Waals surface area contributed by atoms with Crippen LogP contribution in [0.5, 0.6) is 0 Å². The molecule has 0 aliphatic heterocycles. The first-order valence-electron chi connectivity index (χ1n) is 28.4. The summed E-state index contributed by atoms with van der Waals surface area (Å²) in [5.74, 6) is -0.898. The summed E-state index contributed by atoms with van der Waals surface area (Å²) in [4.78, 5) is 38.1. The standard InChI is InChI=1S/C61H106O6/c1-4-7-10-13-16-19-22-25-26-27-28-29-30-31-32-33-34-37-39-42-45-48-51-54-60(63)66-57-58(67-61(64)55-52-49-46-43-40-36-24-21-18-15-12-9-6-3)56-65-59(62)53-50-47-44-41-38-35-23-20-17-14-11-8-5-2/h7,10,16,19-21,23-26,28-29,58H,4-6,8-9,11-15,17-18,22,27,30-57H2,1-3H3/b10-7-,19-16-,23-20-,24-21-,26-25-,29-28-. The van der Waals surface area contributed by atoms with E-state index >= 15 is 0 Å². The highest BCUT2D eigenvalue weighted by Crippen LogP contribution is 2.15. The quantitative estimate of drug-likeness (QED) is 0.0262. The van der Waals surface area contributed by atoms with Crippen molar-refractivity contribution in [3.05, 3.63) is 72.9 Å². The molecule has 0 aliphatic rings. The molecule has 0 rings (SSSR count). The lowest BCUT2D eigenvalue weighted by molar-refractivity contribution is -0.167. The number of hydrogen-bond donors (Lipinski definition) is 0. The van der Waals surface area contributed by atoms with Gasteiger partial charge in [0.1, 0.15) is 13.2 Å².